The molecule has 0 aliphatic heterocycles. The van der Waals surface area contributed by atoms with E-state index in [1.807, 2.05) is 12.1 Å². The first-order valence-corrected chi connectivity index (χ1v) is 5.37. The molecule has 1 unspecified atom stereocenters. The highest BCUT2D eigenvalue weighted by atomic mass is 16.1. The van der Waals surface area contributed by atoms with Crippen LogP contribution in [0.5, 0.6) is 0 Å². The van der Waals surface area contributed by atoms with Gasteiger partial charge in [0.25, 0.3) is 0 Å². The van der Waals surface area contributed by atoms with Crippen molar-refractivity contribution in [3.63, 3.8) is 0 Å². The average Bonchev–Trinajstić information content (AvgIpc) is 2.26. The minimum absolute atomic E-state index is 0.442. The van der Waals surface area contributed by atoms with E-state index in [1.54, 1.807) is 6.08 Å². The molecule has 1 atom stereocenters. The summed E-state index contributed by atoms with van der Waals surface area (Å²) in [6.07, 6.45) is 3.85. The van der Waals surface area contributed by atoms with Crippen molar-refractivity contribution < 1.29 is 4.79 Å². The van der Waals surface area contributed by atoms with E-state index in [0.29, 0.717) is 12.5 Å². The molecular formula is C13H17NO. The Morgan fingerprint density at radius 2 is 2.13 bits per heavy atom. The minimum Gasteiger partial charge on any atom is -0.211 e. The van der Waals surface area contributed by atoms with Gasteiger partial charge >= 0.3 is 0 Å². The summed E-state index contributed by atoms with van der Waals surface area (Å²) in [6.45, 7) is 4.89. The Bertz CT molecular complexity index is 353. The Kier molecular flexibility index (Phi) is 4.79. The van der Waals surface area contributed by atoms with Gasteiger partial charge in [-0.15, -0.1) is 0 Å². The molecule has 15 heavy (non-hydrogen) atoms. The molecule has 0 aromatic heterocycles. The Labute approximate surface area is 91.0 Å². The van der Waals surface area contributed by atoms with Gasteiger partial charge in [-0.2, -0.15) is 0 Å². The van der Waals surface area contributed by atoms with Crippen LogP contribution < -0.4 is 0 Å². The number of nitrogens with zero attached hydrogens (tertiary/aromatic N) is 1. The second-order valence-corrected chi connectivity index (χ2v) is 3.95. The Morgan fingerprint density at radius 1 is 1.40 bits per heavy atom. The van der Waals surface area contributed by atoms with Crippen LogP contribution in [0.15, 0.2) is 29.3 Å². The van der Waals surface area contributed by atoms with Crippen LogP contribution in [0.4, 0.5) is 0 Å². The molecule has 2 nitrogen and oxygen atoms in total. The fourth-order valence-electron chi connectivity index (χ4n) is 1.53. The maximum Gasteiger partial charge on any atom is 0.235 e. The summed E-state index contributed by atoms with van der Waals surface area (Å²) in [5, 5.41) is 0. The fraction of sp³-hybridized carbons (Fsp3) is 0.462. The normalized spacial score (nSPS) is 11.9. The predicted molar refractivity (Wildman–Crippen MR) is 61.4 cm³/mol. The van der Waals surface area contributed by atoms with Crippen LogP contribution in [0.1, 0.15) is 31.4 Å². The highest BCUT2D eigenvalue weighted by molar-refractivity contribution is 5.34. The topological polar surface area (TPSA) is 29.4 Å². The van der Waals surface area contributed by atoms with Crippen molar-refractivity contribution in [2.75, 3.05) is 0 Å². The lowest BCUT2D eigenvalue weighted by molar-refractivity contribution is 0.559. The van der Waals surface area contributed by atoms with Crippen LogP contribution in [0, 0.1) is 5.92 Å². The van der Waals surface area contributed by atoms with E-state index in [1.165, 1.54) is 12.0 Å². The molecule has 0 radical (unpaired) electrons. The third-order valence-electron chi connectivity index (χ3n) is 2.60. The Morgan fingerprint density at radius 3 is 2.80 bits per heavy atom. The first kappa shape index (κ1) is 11.7. The SMILES string of the molecule is CCC(C)Cc1cccc(CN=C=O)c1. The van der Waals surface area contributed by atoms with Crippen molar-refractivity contribution in [2.24, 2.45) is 10.9 Å². The van der Waals surface area contributed by atoms with Crippen molar-refractivity contribution in [1.29, 1.82) is 0 Å². The van der Waals surface area contributed by atoms with Gasteiger partial charge in [0.2, 0.25) is 6.08 Å². The lowest BCUT2D eigenvalue weighted by atomic mass is 9.98. The predicted octanol–water partition coefficient (Wildman–Crippen LogP) is 3.11. The molecule has 0 saturated carbocycles. The number of rotatable bonds is 5. The average molecular weight is 203 g/mol. The summed E-state index contributed by atoms with van der Waals surface area (Å²) >= 11 is 0. The summed E-state index contributed by atoms with van der Waals surface area (Å²) in [5.74, 6) is 0.704. The number of aliphatic imine (C=N–C) groups is 1. The van der Waals surface area contributed by atoms with Crippen molar-refractivity contribution in [3.05, 3.63) is 35.4 Å². The zero-order valence-electron chi connectivity index (χ0n) is 9.36. The maximum atomic E-state index is 10.00. The van der Waals surface area contributed by atoms with Gasteiger partial charge in [0, 0.05) is 0 Å². The van der Waals surface area contributed by atoms with Crippen LogP contribution in [0.3, 0.4) is 0 Å². The second kappa shape index (κ2) is 6.15. The number of isocyanates is 1. The monoisotopic (exact) mass is 203 g/mol. The largest absolute Gasteiger partial charge is 0.235 e. The van der Waals surface area contributed by atoms with Gasteiger partial charge in [-0.3, -0.25) is 0 Å². The van der Waals surface area contributed by atoms with Crippen molar-refractivity contribution in [2.45, 2.75) is 33.2 Å². The quantitative estimate of drug-likeness (QED) is 0.534. The Hall–Kier alpha value is -1.40. The molecular weight excluding hydrogens is 186 g/mol. The first-order chi connectivity index (χ1) is 7.26. The summed E-state index contributed by atoms with van der Waals surface area (Å²) in [5.41, 5.74) is 2.40. The number of hydrogen-bond acceptors (Lipinski definition) is 2. The lowest BCUT2D eigenvalue weighted by Gasteiger charge is -2.08. The van der Waals surface area contributed by atoms with Gasteiger partial charge in [0.1, 0.15) is 0 Å². The van der Waals surface area contributed by atoms with Crippen LogP contribution in [0.2, 0.25) is 0 Å². The molecule has 0 aliphatic rings. The van der Waals surface area contributed by atoms with Gasteiger partial charge in [-0.05, 0) is 23.5 Å². The van der Waals surface area contributed by atoms with E-state index in [9.17, 15) is 4.79 Å². The van der Waals surface area contributed by atoms with E-state index in [4.69, 9.17) is 0 Å². The van der Waals surface area contributed by atoms with Crippen molar-refractivity contribution in [1.82, 2.24) is 0 Å². The Balaban J connectivity index is 2.69. The molecule has 0 heterocycles. The van der Waals surface area contributed by atoms with E-state index in [0.717, 1.165) is 12.0 Å². The summed E-state index contributed by atoms with van der Waals surface area (Å²) in [6, 6.07) is 8.25. The zero-order valence-corrected chi connectivity index (χ0v) is 9.36. The minimum atomic E-state index is 0.442. The highest BCUT2D eigenvalue weighted by Gasteiger charge is 2.01. The van der Waals surface area contributed by atoms with Crippen molar-refractivity contribution in [3.8, 4) is 0 Å². The number of hydrogen-bond donors (Lipinski definition) is 0. The van der Waals surface area contributed by atoms with Crippen LogP contribution in [-0.2, 0) is 17.8 Å². The van der Waals surface area contributed by atoms with E-state index >= 15 is 0 Å². The third-order valence-corrected chi connectivity index (χ3v) is 2.60. The molecule has 2 heteroatoms. The molecule has 1 aromatic rings. The molecule has 0 aliphatic carbocycles. The van der Waals surface area contributed by atoms with Crippen LogP contribution in [0.25, 0.3) is 0 Å². The van der Waals surface area contributed by atoms with Crippen LogP contribution >= 0.6 is 0 Å². The fourth-order valence-corrected chi connectivity index (χ4v) is 1.53. The smallest absolute Gasteiger partial charge is 0.211 e. The standard InChI is InChI=1S/C13H17NO/c1-3-11(2)7-12-5-4-6-13(8-12)9-14-10-15/h4-6,8,11H,3,7,9H2,1-2H3. The van der Waals surface area contributed by atoms with Crippen molar-refractivity contribution >= 4 is 6.08 Å². The molecule has 1 aromatic carbocycles. The third kappa shape index (κ3) is 4.09. The molecule has 0 saturated heterocycles. The van der Waals surface area contributed by atoms with E-state index < -0.39 is 0 Å². The van der Waals surface area contributed by atoms with Gasteiger partial charge in [0.05, 0.1) is 6.54 Å². The number of carbonyl (C=O) groups excluding carboxylic acids is 1. The van der Waals surface area contributed by atoms with Gasteiger partial charge in [-0.1, -0.05) is 44.5 Å². The summed E-state index contributed by atoms with van der Waals surface area (Å²) in [4.78, 5) is 13.6. The molecule has 0 N–H and O–H groups in total. The molecule has 80 valence electrons. The second-order valence-electron chi connectivity index (χ2n) is 3.95. The molecule has 0 fully saturated rings. The van der Waals surface area contributed by atoms with Crippen LogP contribution in [-0.4, -0.2) is 6.08 Å². The zero-order chi connectivity index (χ0) is 11.1. The highest BCUT2D eigenvalue weighted by Crippen LogP contribution is 2.13. The van der Waals surface area contributed by atoms with Gasteiger partial charge in [0.15, 0.2) is 0 Å². The van der Waals surface area contributed by atoms with Gasteiger partial charge < -0.3 is 0 Å². The van der Waals surface area contributed by atoms with E-state index in [2.05, 4.69) is 31.0 Å². The molecule has 0 spiro atoms. The lowest BCUT2D eigenvalue weighted by Crippen LogP contribution is -1.98. The molecule has 0 bridgehead atoms. The van der Waals surface area contributed by atoms with Gasteiger partial charge in [-0.25, -0.2) is 9.79 Å². The summed E-state index contributed by atoms with van der Waals surface area (Å²) < 4.78 is 0. The first-order valence-electron chi connectivity index (χ1n) is 5.37. The number of benzene rings is 1. The molecule has 0 amide bonds. The van der Waals surface area contributed by atoms with E-state index in [-0.39, 0.29) is 0 Å². The maximum absolute atomic E-state index is 10.00. The summed E-state index contributed by atoms with van der Waals surface area (Å²) in [7, 11) is 0. The molecule has 1 rings (SSSR count).